The van der Waals surface area contributed by atoms with Gasteiger partial charge in [0, 0.05) is 46.4 Å². The Bertz CT molecular complexity index is 544. The highest BCUT2D eigenvalue weighted by molar-refractivity contribution is 5.76. The molecule has 0 radical (unpaired) electrons. The van der Waals surface area contributed by atoms with Crippen molar-refractivity contribution in [3.05, 3.63) is 29.6 Å². The molecular weight excluding hydrogens is 313 g/mol. The number of hydrogen-bond acceptors (Lipinski definition) is 5. The molecular formula is C17H26FN3O3. The van der Waals surface area contributed by atoms with Crippen LogP contribution < -0.4 is 10.5 Å². The standard InChI is InChI=1S/C17H26FN3O3/c1-23-14(11-19)10-17(22)21-7-5-20(6-8-21)12-13-3-4-16(24-2)15(18)9-13/h3-4,9,14H,5-8,10-12,19H2,1-2H3. The van der Waals surface area contributed by atoms with Crippen molar-refractivity contribution >= 4 is 5.91 Å². The lowest BCUT2D eigenvalue weighted by Gasteiger charge is -2.35. The summed E-state index contributed by atoms with van der Waals surface area (Å²) in [5, 5.41) is 0. The number of carbonyl (C=O) groups excluding carboxylic acids is 1. The van der Waals surface area contributed by atoms with E-state index in [9.17, 15) is 9.18 Å². The molecule has 1 aromatic rings. The smallest absolute Gasteiger partial charge is 0.225 e. The molecule has 0 spiro atoms. The first-order chi connectivity index (χ1) is 11.6. The van der Waals surface area contributed by atoms with Gasteiger partial charge in [-0.2, -0.15) is 0 Å². The van der Waals surface area contributed by atoms with Gasteiger partial charge in [-0.05, 0) is 17.7 Å². The number of nitrogens with zero attached hydrogens (tertiary/aromatic N) is 2. The maximum Gasteiger partial charge on any atom is 0.225 e. The maximum absolute atomic E-state index is 13.7. The molecule has 6 nitrogen and oxygen atoms in total. The van der Waals surface area contributed by atoms with Crippen LogP contribution >= 0.6 is 0 Å². The summed E-state index contributed by atoms with van der Waals surface area (Å²) in [5.74, 6) is -0.0274. The summed E-state index contributed by atoms with van der Waals surface area (Å²) < 4.78 is 23.8. The monoisotopic (exact) mass is 339 g/mol. The third kappa shape index (κ3) is 4.90. The first-order valence-electron chi connectivity index (χ1n) is 8.12. The third-order valence-corrected chi connectivity index (χ3v) is 4.35. The average Bonchev–Trinajstić information content (AvgIpc) is 2.60. The van der Waals surface area contributed by atoms with Crippen molar-refractivity contribution in [2.75, 3.05) is 46.9 Å². The van der Waals surface area contributed by atoms with E-state index < -0.39 is 0 Å². The largest absolute Gasteiger partial charge is 0.494 e. The van der Waals surface area contributed by atoms with E-state index in [4.69, 9.17) is 15.2 Å². The van der Waals surface area contributed by atoms with Gasteiger partial charge in [-0.1, -0.05) is 6.07 Å². The van der Waals surface area contributed by atoms with E-state index in [2.05, 4.69) is 4.90 Å². The summed E-state index contributed by atoms with van der Waals surface area (Å²) in [4.78, 5) is 16.3. The number of carbonyl (C=O) groups is 1. The molecule has 1 fully saturated rings. The second-order valence-electron chi connectivity index (χ2n) is 5.92. The van der Waals surface area contributed by atoms with Crippen LogP contribution in [0.5, 0.6) is 5.75 Å². The predicted octanol–water partition coefficient (Wildman–Crippen LogP) is 0.842. The van der Waals surface area contributed by atoms with Crippen molar-refractivity contribution < 1.29 is 18.7 Å². The molecule has 1 amide bonds. The van der Waals surface area contributed by atoms with Gasteiger partial charge in [0.05, 0.1) is 19.6 Å². The van der Waals surface area contributed by atoms with Crippen molar-refractivity contribution in [1.29, 1.82) is 0 Å². The van der Waals surface area contributed by atoms with Crippen LogP contribution in [0.1, 0.15) is 12.0 Å². The van der Waals surface area contributed by atoms with Crippen molar-refractivity contribution in [1.82, 2.24) is 9.80 Å². The van der Waals surface area contributed by atoms with Gasteiger partial charge in [0.1, 0.15) is 0 Å². The minimum atomic E-state index is -0.351. The van der Waals surface area contributed by atoms with E-state index in [1.54, 1.807) is 13.2 Å². The van der Waals surface area contributed by atoms with Gasteiger partial charge in [-0.15, -0.1) is 0 Å². The zero-order chi connectivity index (χ0) is 17.5. The second kappa shape index (κ2) is 8.96. The molecule has 1 aliphatic rings. The molecule has 24 heavy (non-hydrogen) atoms. The Morgan fingerprint density at radius 2 is 2.00 bits per heavy atom. The normalized spacial score (nSPS) is 16.9. The Kier molecular flexibility index (Phi) is 6.96. The molecule has 0 saturated carbocycles. The van der Waals surface area contributed by atoms with Gasteiger partial charge < -0.3 is 20.1 Å². The number of piperazine rings is 1. The minimum absolute atomic E-state index is 0.0717. The van der Waals surface area contributed by atoms with E-state index in [1.165, 1.54) is 13.2 Å². The first kappa shape index (κ1) is 18.6. The summed E-state index contributed by atoms with van der Waals surface area (Å²) in [7, 11) is 3.02. The molecule has 0 aliphatic carbocycles. The quantitative estimate of drug-likeness (QED) is 0.797. The Hall–Kier alpha value is -1.70. The fraction of sp³-hybridized carbons (Fsp3) is 0.588. The SMILES string of the molecule is COc1ccc(CN2CCN(C(=O)CC(CN)OC)CC2)cc1F. The molecule has 7 heteroatoms. The highest BCUT2D eigenvalue weighted by Crippen LogP contribution is 2.19. The van der Waals surface area contributed by atoms with Gasteiger partial charge in [-0.3, -0.25) is 9.69 Å². The molecule has 0 aromatic heterocycles. The highest BCUT2D eigenvalue weighted by Gasteiger charge is 2.23. The number of amides is 1. The average molecular weight is 339 g/mol. The Morgan fingerprint density at radius 3 is 2.54 bits per heavy atom. The Labute approximate surface area is 142 Å². The Balaban J connectivity index is 1.82. The van der Waals surface area contributed by atoms with Crippen LogP contribution in [0.25, 0.3) is 0 Å². The molecule has 1 heterocycles. The zero-order valence-electron chi connectivity index (χ0n) is 14.3. The lowest BCUT2D eigenvalue weighted by Crippen LogP contribution is -2.49. The molecule has 134 valence electrons. The van der Waals surface area contributed by atoms with Crippen LogP contribution in [0, 0.1) is 5.82 Å². The van der Waals surface area contributed by atoms with Crippen LogP contribution in [0.15, 0.2) is 18.2 Å². The molecule has 2 N–H and O–H groups in total. The van der Waals surface area contributed by atoms with Crippen molar-refractivity contribution in [3.8, 4) is 5.75 Å². The minimum Gasteiger partial charge on any atom is -0.494 e. The van der Waals surface area contributed by atoms with E-state index in [1.807, 2.05) is 11.0 Å². The second-order valence-corrected chi connectivity index (χ2v) is 5.92. The maximum atomic E-state index is 13.7. The molecule has 1 aliphatic heterocycles. The zero-order valence-corrected chi connectivity index (χ0v) is 14.3. The summed E-state index contributed by atoms with van der Waals surface area (Å²) in [5.41, 5.74) is 6.46. The number of methoxy groups -OCH3 is 2. The van der Waals surface area contributed by atoms with E-state index >= 15 is 0 Å². The van der Waals surface area contributed by atoms with Gasteiger partial charge in [0.15, 0.2) is 11.6 Å². The van der Waals surface area contributed by atoms with Crippen LogP contribution in [0.3, 0.4) is 0 Å². The van der Waals surface area contributed by atoms with E-state index in [-0.39, 0.29) is 23.6 Å². The summed E-state index contributed by atoms with van der Waals surface area (Å²) >= 11 is 0. The molecule has 1 aromatic carbocycles. The number of ether oxygens (including phenoxy) is 2. The van der Waals surface area contributed by atoms with Crippen molar-refractivity contribution in [2.24, 2.45) is 5.73 Å². The number of nitrogens with two attached hydrogens (primary N) is 1. The fourth-order valence-corrected chi connectivity index (χ4v) is 2.81. The van der Waals surface area contributed by atoms with Crippen LogP contribution in [0.2, 0.25) is 0 Å². The lowest BCUT2D eigenvalue weighted by atomic mass is 10.1. The van der Waals surface area contributed by atoms with Crippen molar-refractivity contribution in [3.63, 3.8) is 0 Å². The highest BCUT2D eigenvalue weighted by atomic mass is 19.1. The third-order valence-electron chi connectivity index (χ3n) is 4.35. The number of benzene rings is 1. The van der Waals surface area contributed by atoms with Crippen molar-refractivity contribution in [2.45, 2.75) is 19.1 Å². The topological polar surface area (TPSA) is 68.0 Å². The molecule has 1 atom stereocenters. The molecule has 2 rings (SSSR count). The molecule has 1 saturated heterocycles. The Morgan fingerprint density at radius 1 is 1.29 bits per heavy atom. The van der Waals surface area contributed by atoms with Crippen LogP contribution in [0.4, 0.5) is 4.39 Å². The predicted molar refractivity (Wildman–Crippen MR) is 89.3 cm³/mol. The number of halogens is 1. The van der Waals surface area contributed by atoms with E-state index in [0.717, 1.165) is 18.7 Å². The van der Waals surface area contributed by atoms with Gasteiger partial charge in [0.2, 0.25) is 5.91 Å². The van der Waals surface area contributed by atoms with E-state index in [0.29, 0.717) is 32.6 Å². The summed E-state index contributed by atoms with van der Waals surface area (Å²) in [6.07, 6.45) is 0.0919. The van der Waals surface area contributed by atoms with Gasteiger partial charge in [-0.25, -0.2) is 4.39 Å². The first-order valence-corrected chi connectivity index (χ1v) is 8.12. The number of hydrogen-bond donors (Lipinski definition) is 1. The van der Waals surface area contributed by atoms with Crippen LogP contribution in [-0.2, 0) is 16.1 Å². The molecule has 1 unspecified atom stereocenters. The summed E-state index contributed by atoms with van der Waals surface area (Å²) in [6.45, 7) is 3.86. The van der Waals surface area contributed by atoms with Crippen LogP contribution in [-0.4, -0.2) is 68.8 Å². The fourth-order valence-electron chi connectivity index (χ4n) is 2.81. The lowest BCUT2D eigenvalue weighted by molar-refractivity contribution is -0.135. The summed E-state index contributed by atoms with van der Waals surface area (Å²) in [6, 6.07) is 5.01. The number of rotatable bonds is 7. The van der Waals surface area contributed by atoms with Gasteiger partial charge in [0.25, 0.3) is 0 Å². The molecule has 0 bridgehead atoms. The van der Waals surface area contributed by atoms with Gasteiger partial charge >= 0.3 is 0 Å².